The van der Waals surface area contributed by atoms with Crippen LogP contribution in [-0.4, -0.2) is 14.7 Å². The minimum Gasteiger partial charge on any atom is -0.326 e. The Bertz CT molecular complexity index is 845. The molecule has 0 heterocycles. The Kier molecular flexibility index (Phi) is 6.17. The lowest BCUT2D eigenvalue weighted by molar-refractivity contribution is -0.114. The smallest absolute Gasteiger partial charge is 0.266 e. The molecule has 3 atom stereocenters. The zero-order valence-corrected chi connectivity index (χ0v) is 17.0. The van der Waals surface area contributed by atoms with Gasteiger partial charge in [-0.05, 0) is 61.7 Å². The molecule has 26 heavy (non-hydrogen) atoms. The molecule has 0 spiro atoms. The molecule has 8 heteroatoms. The van der Waals surface area contributed by atoms with Gasteiger partial charge in [0.1, 0.15) is 5.41 Å². The number of hydrogen-bond donors (Lipinski definition) is 2. The van der Waals surface area contributed by atoms with Gasteiger partial charge in [0, 0.05) is 12.6 Å². The number of rotatable bonds is 5. The molecule has 0 saturated heterocycles. The van der Waals surface area contributed by atoms with Crippen LogP contribution in [0.25, 0.3) is 0 Å². The minimum absolute atomic E-state index is 0.200. The molecule has 0 radical (unpaired) electrons. The fraction of sp³-hybridized carbons (Fsp3) is 0.278. The Morgan fingerprint density at radius 3 is 2.31 bits per heavy atom. The maximum atomic E-state index is 14.3. The lowest BCUT2D eigenvalue weighted by Gasteiger charge is -2.26. The second-order valence-corrected chi connectivity index (χ2v) is 8.20. The number of nitrogens with one attached hydrogen (secondary N) is 1. The second kappa shape index (κ2) is 7.82. The third-order valence-electron chi connectivity index (χ3n) is 3.82. The van der Waals surface area contributed by atoms with Gasteiger partial charge in [0.15, 0.2) is 0 Å². The van der Waals surface area contributed by atoms with Crippen LogP contribution in [0.1, 0.15) is 30.5 Å². The number of alkyl halides is 1. The number of nitrogens with zero attached hydrogens (tertiary/aromatic N) is 1. The molecule has 140 valence electrons. The van der Waals surface area contributed by atoms with Crippen molar-refractivity contribution in [3.05, 3.63) is 53.1 Å². The largest absolute Gasteiger partial charge is 0.326 e. The third-order valence-corrected chi connectivity index (χ3v) is 4.85. The van der Waals surface area contributed by atoms with E-state index >= 15 is 0 Å². The number of carbonyl (C=O) groups is 1. The number of anilines is 3. The highest BCUT2D eigenvalue weighted by Gasteiger charge is 2.24. The van der Waals surface area contributed by atoms with Gasteiger partial charge in [-0.2, -0.15) is 0 Å². The van der Waals surface area contributed by atoms with E-state index in [0.717, 1.165) is 0 Å². The molecule has 0 aliphatic heterocycles. The molecule has 2 aromatic rings. The van der Waals surface area contributed by atoms with Crippen molar-refractivity contribution in [2.45, 2.75) is 33.1 Å². The van der Waals surface area contributed by atoms with Gasteiger partial charge in [0.05, 0.1) is 11.4 Å². The average Bonchev–Trinajstić information content (AvgIpc) is 2.49. The predicted molar refractivity (Wildman–Crippen MR) is 108 cm³/mol. The minimum atomic E-state index is -2.36. The van der Waals surface area contributed by atoms with E-state index in [4.69, 9.17) is 0 Å². The second-order valence-electron chi connectivity index (χ2n) is 6.29. The van der Waals surface area contributed by atoms with Gasteiger partial charge in [-0.15, -0.1) is 0 Å². The molecule has 1 amide bonds. The van der Waals surface area contributed by atoms with E-state index in [1.165, 1.54) is 18.2 Å². The lowest BCUT2D eigenvalue weighted by Crippen LogP contribution is -2.22. The fourth-order valence-electron chi connectivity index (χ4n) is 2.79. The van der Waals surface area contributed by atoms with Crippen LogP contribution in [0, 0.1) is 13.8 Å². The van der Waals surface area contributed by atoms with Crippen molar-refractivity contribution in [1.29, 1.82) is 0 Å². The van der Waals surface area contributed by atoms with E-state index < -0.39 is 16.7 Å². The van der Waals surface area contributed by atoms with E-state index in [1.54, 1.807) is 50.2 Å². The number of hydrogen-bond acceptors (Lipinski definition) is 2. The maximum absolute atomic E-state index is 14.3. The first-order valence-corrected chi connectivity index (χ1v) is 9.53. The molecule has 0 fully saturated rings. The Balaban J connectivity index is 2.59. The van der Waals surface area contributed by atoms with Crippen molar-refractivity contribution in [2.24, 2.45) is 0 Å². The summed E-state index contributed by atoms with van der Waals surface area (Å²) in [6.07, 6.45) is 0. The molecule has 2 N–H and O–H groups in total. The number of carbonyl (C=O) groups excluding carboxylic acids is 1. The molecule has 5 nitrogen and oxygen atoms in total. The van der Waals surface area contributed by atoms with Crippen LogP contribution >= 0.6 is 9.24 Å². The van der Waals surface area contributed by atoms with Crippen molar-refractivity contribution < 1.29 is 17.9 Å². The molecule has 0 bridgehead atoms. The number of halogens is 1. The standard InChI is InChI=1S/C18H22FN2O3PS/c1-11-8-15(20-13(3)22)9-12(2)17(11)21(26(23)24)16-7-5-6-14(10-16)18(4,19)25/h5-10H,25H2,1-4H3,(H,20,22)(H,23,24). The van der Waals surface area contributed by atoms with Crippen molar-refractivity contribution in [3.63, 3.8) is 0 Å². The molecule has 0 saturated carbocycles. The van der Waals surface area contributed by atoms with Crippen LogP contribution in [0.5, 0.6) is 0 Å². The van der Waals surface area contributed by atoms with Gasteiger partial charge >= 0.3 is 0 Å². The molecular formula is C18H22FN2O3PS. The van der Waals surface area contributed by atoms with Crippen LogP contribution in [0.2, 0.25) is 0 Å². The Hall–Kier alpha value is -1.82. The summed E-state index contributed by atoms with van der Waals surface area (Å²) in [6, 6.07) is 9.90. The van der Waals surface area contributed by atoms with E-state index in [1.807, 2.05) is 0 Å². The first kappa shape index (κ1) is 20.5. The van der Waals surface area contributed by atoms with Gasteiger partial charge < -0.3 is 5.32 Å². The first-order chi connectivity index (χ1) is 12.0. The average molecular weight is 396 g/mol. The highest BCUT2D eigenvalue weighted by atomic mass is 32.2. The predicted octanol–water partition coefficient (Wildman–Crippen LogP) is 4.55. The van der Waals surface area contributed by atoms with Gasteiger partial charge in [-0.1, -0.05) is 21.4 Å². The highest BCUT2D eigenvalue weighted by Crippen LogP contribution is 2.38. The summed E-state index contributed by atoms with van der Waals surface area (Å²) in [5.74, 6) is -0.200. The van der Waals surface area contributed by atoms with Crippen molar-refractivity contribution >= 4 is 43.5 Å². The Labute approximate surface area is 157 Å². The SMILES string of the molecule is CC(=O)Nc1cc(C)c(N(c2cccc(C(C)(F)P)c2)S(=O)O)c(C)c1. The number of amides is 1. The Morgan fingerprint density at radius 1 is 1.27 bits per heavy atom. The molecule has 0 aromatic heterocycles. The van der Waals surface area contributed by atoms with E-state index in [2.05, 4.69) is 14.6 Å². The molecule has 2 aromatic carbocycles. The first-order valence-electron chi connectivity index (χ1n) is 7.89. The van der Waals surface area contributed by atoms with Gasteiger partial charge in [-0.25, -0.2) is 12.9 Å². The van der Waals surface area contributed by atoms with E-state index in [0.29, 0.717) is 33.8 Å². The van der Waals surface area contributed by atoms with Gasteiger partial charge in [0.2, 0.25) is 5.91 Å². The summed E-state index contributed by atoms with van der Waals surface area (Å²) < 4.78 is 37.5. The topological polar surface area (TPSA) is 69.6 Å². The fourth-order valence-corrected chi connectivity index (χ4v) is 3.70. The quantitative estimate of drug-likeness (QED) is 0.575. The maximum Gasteiger partial charge on any atom is 0.266 e. The summed E-state index contributed by atoms with van der Waals surface area (Å²) in [7, 11) is 2.11. The van der Waals surface area contributed by atoms with Crippen molar-refractivity contribution in [1.82, 2.24) is 0 Å². The van der Waals surface area contributed by atoms with Crippen molar-refractivity contribution in [2.75, 3.05) is 9.62 Å². The van der Waals surface area contributed by atoms with Crippen molar-refractivity contribution in [3.8, 4) is 0 Å². The molecule has 0 aliphatic rings. The summed E-state index contributed by atoms with van der Waals surface area (Å²) >= 11 is -2.36. The summed E-state index contributed by atoms with van der Waals surface area (Å²) in [4.78, 5) is 11.3. The van der Waals surface area contributed by atoms with E-state index in [9.17, 15) is 17.9 Å². The molecular weight excluding hydrogens is 374 g/mol. The molecule has 3 unspecified atom stereocenters. The van der Waals surface area contributed by atoms with E-state index in [-0.39, 0.29) is 5.91 Å². The number of benzene rings is 2. The molecule has 0 aliphatic carbocycles. The zero-order chi connectivity index (χ0) is 19.6. The van der Waals surface area contributed by atoms with Crippen LogP contribution < -0.4 is 9.62 Å². The molecule has 2 rings (SSSR count). The van der Waals surface area contributed by atoms with Gasteiger partial charge in [-0.3, -0.25) is 9.35 Å². The monoisotopic (exact) mass is 396 g/mol. The van der Waals surface area contributed by atoms with Crippen LogP contribution in [-0.2, 0) is 21.5 Å². The summed E-state index contributed by atoms with van der Waals surface area (Å²) in [5.41, 5.74) is 3.32. The van der Waals surface area contributed by atoms with Crippen LogP contribution in [0.4, 0.5) is 21.5 Å². The Morgan fingerprint density at radius 2 is 1.85 bits per heavy atom. The van der Waals surface area contributed by atoms with Gasteiger partial charge in [0.25, 0.3) is 11.3 Å². The zero-order valence-electron chi connectivity index (χ0n) is 15.0. The third kappa shape index (κ3) is 4.67. The lowest BCUT2D eigenvalue weighted by atomic mass is 10.1. The van der Waals surface area contributed by atoms with Crippen LogP contribution in [0.15, 0.2) is 36.4 Å². The normalized spacial score (nSPS) is 14.4. The highest BCUT2D eigenvalue weighted by molar-refractivity contribution is 7.81. The van der Waals surface area contributed by atoms with Crippen LogP contribution in [0.3, 0.4) is 0 Å². The summed E-state index contributed by atoms with van der Waals surface area (Å²) in [5, 5.41) is 1.05. The summed E-state index contributed by atoms with van der Waals surface area (Å²) in [6.45, 7) is 6.38. The number of aryl methyl sites for hydroxylation is 2.